The molecule has 0 aliphatic carbocycles. The molecular weight excluding hydrogens is 465 g/mol. The number of hydrogen-bond acceptors (Lipinski definition) is 3. The monoisotopic (exact) mass is 493 g/mol. The SMILES string of the molecule is O=C(c1cc2oc(-c3ccc(F)cc3)cc2n1Cc1ccccc1)N1CCN(Cc2ccccc2)CC1. The molecule has 3 heterocycles. The predicted molar refractivity (Wildman–Crippen MR) is 143 cm³/mol. The number of rotatable bonds is 6. The van der Waals surface area contributed by atoms with Crippen LogP contribution in [0.2, 0.25) is 0 Å². The van der Waals surface area contributed by atoms with Crippen LogP contribution in [-0.4, -0.2) is 46.5 Å². The summed E-state index contributed by atoms with van der Waals surface area (Å²) in [7, 11) is 0. The van der Waals surface area contributed by atoms with Crippen molar-refractivity contribution in [2.45, 2.75) is 13.1 Å². The van der Waals surface area contributed by atoms with Crippen LogP contribution < -0.4 is 0 Å². The van der Waals surface area contributed by atoms with Crippen LogP contribution in [0.5, 0.6) is 0 Å². The Morgan fingerprint density at radius 3 is 2.03 bits per heavy atom. The Morgan fingerprint density at radius 1 is 0.757 bits per heavy atom. The Hall–Kier alpha value is -4.16. The maximum absolute atomic E-state index is 13.7. The number of benzene rings is 3. The van der Waals surface area contributed by atoms with Crippen LogP contribution in [0.25, 0.3) is 22.4 Å². The molecule has 186 valence electrons. The first-order valence-corrected chi connectivity index (χ1v) is 12.6. The number of halogens is 1. The topological polar surface area (TPSA) is 41.6 Å². The minimum atomic E-state index is -0.287. The average molecular weight is 494 g/mol. The van der Waals surface area contributed by atoms with Gasteiger partial charge in [-0.2, -0.15) is 0 Å². The molecule has 2 aromatic heterocycles. The van der Waals surface area contributed by atoms with Crippen LogP contribution in [0.1, 0.15) is 21.6 Å². The average Bonchev–Trinajstić information content (AvgIpc) is 3.50. The number of piperazine rings is 1. The highest BCUT2D eigenvalue weighted by Crippen LogP contribution is 2.31. The molecule has 1 amide bonds. The van der Waals surface area contributed by atoms with Crippen molar-refractivity contribution in [1.82, 2.24) is 14.4 Å². The molecule has 0 bridgehead atoms. The molecular formula is C31H28FN3O2. The molecule has 0 N–H and O–H groups in total. The minimum absolute atomic E-state index is 0.0185. The fraction of sp³-hybridized carbons (Fsp3) is 0.194. The highest BCUT2D eigenvalue weighted by Gasteiger charge is 2.27. The Bertz CT molecular complexity index is 1500. The van der Waals surface area contributed by atoms with Gasteiger partial charge in [0.1, 0.15) is 17.3 Å². The van der Waals surface area contributed by atoms with Gasteiger partial charge in [0, 0.05) is 57.0 Å². The van der Waals surface area contributed by atoms with Gasteiger partial charge >= 0.3 is 0 Å². The lowest BCUT2D eigenvalue weighted by atomic mass is 10.2. The molecule has 5 aromatic rings. The molecule has 0 atom stereocenters. The maximum Gasteiger partial charge on any atom is 0.270 e. The van der Waals surface area contributed by atoms with Gasteiger partial charge < -0.3 is 13.9 Å². The second-order valence-corrected chi connectivity index (χ2v) is 9.52. The third-order valence-electron chi connectivity index (χ3n) is 7.03. The fourth-order valence-electron chi connectivity index (χ4n) is 5.02. The standard InChI is InChI=1S/C31H28FN3O2/c32-26-13-11-25(12-14-26)29-19-27-30(37-29)20-28(35(27)22-24-9-5-2-6-10-24)31(36)34-17-15-33(16-18-34)21-23-7-3-1-4-8-23/h1-14,19-20H,15-18,21-22H2. The van der Waals surface area contributed by atoms with Crippen molar-refractivity contribution in [3.8, 4) is 11.3 Å². The lowest BCUT2D eigenvalue weighted by Crippen LogP contribution is -2.48. The van der Waals surface area contributed by atoms with Crippen molar-refractivity contribution in [2.24, 2.45) is 0 Å². The summed E-state index contributed by atoms with van der Waals surface area (Å²) in [5, 5.41) is 0. The van der Waals surface area contributed by atoms with Crippen LogP contribution in [0.4, 0.5) is 4.39 Å². The van der Waals surface area contributed by atoms with E-state index < -0.39 is 0 Å². The van der Waals surface area contributed by atoms with Crippen molar-refractivity contribution in [1.29, 1.82) is 0 Å². The van der Waals surface area contributed by atoms with E-state index in [1.807, 2.05) is 45.9 Å². The first-order valence-electron chi connectivity index (χ1n) is 12.6. The van der Waals surface area contributed by atoms with Crippen LogP contribution in [0.3, 0.4) is 0 Å². The first-order chi connectivity index (χ1) is 18.1. The molecule has 37 heavy (non-hydrogen) atoms. The summed E-state index contributed by atoms with van der Waals surface area (Å²) in [6.45, 7) is 4.50. The van der Waals surface area contributed by atoms with Gasteiger partial charge in [0.2, 0.25) is 0 Å². The summed E-state index contributed by atoms with van der Waals surface area (Å²) >= 11 is 0. The van der Waals surface area contributed by atoms with Crippen molar-refractivity contribution >= 4 is 17.0 Å². The van der Waals surface area contributed by atoms with E-state index in [9.17, 15) is 9.18 Å². The van der Waals surface area contributed by atoms with E-state index in [1.54, 1.807) is 12.1 Å². The highest BCUT2D eigenvalue weighted by molar-refractivity contribution is 5.98. The van der Waals surface area contributed by atoms with Crippen molar-refractivity contribution in [3.05, 3.63) is 120 Å². The number of furan rings is 1. The third kappa shape index (κ3) is 4.93. The van der Waals surface area contributed by atoms with E-state index in [0.29, 0.717) is 36.7 Å². The zero-order valence-corrected chi connectivity index (χ0v) is 20.5. The summed E-state index contributed by atoms with van der Waals surface area (Å²) in [6.07, 6.45) is 0. The quantitative estimate of drug-likeness (QED) is 0.289. The van der Waals surface area contributed by atoms with Gasteiger partial charge in [-0.05, 0) is 35.4 Å². The summed E-state index contributed by atoms with van der Waals surface area (Å²) in [5.41, 5.74) is 5.32. The maximum atomic E-state index is 13.7. The Kier molecular flexibility index (Phi) is 6.33. The van der Waals surface area contributed by atoms with E-state index in [1.165, 1.54) is 17.7 Å². The summed E-state index contributed by atoms with van der Waals surface area (Å²) in [4.78, 5) is 18.1. The van der Waals surface area contributed by atoms with Gasteiger partial charge in [-0.15, -0.1) is 0 Å². The molecule has 1 saturated heterocycles. The van der Waals surface area contributed by atoms with Gasteiger partial charge in [-0.3, -0.25) is 9.69 Å². The minimum Gasteiger partial charge on any atom is -0.454 e. The number of nitrogens with zero attached hydrogens (tertiary/aromatic N) is 3. The lowest BCUT2D eigenvalue weighted by Gasteiger charge is -2.35. The van der Waals surface area contributed by atoms with Gasteiger partial charge in [0.05, 0.1) is 5.52 Å². The van der Waals surface area contributed by atoms with E-state index in [2.05, 4.69) is 41.3 Å². The number of fused-ring (bicyclic) bond motifs is 1. The zero-order chi connectivity index (χ0) is 25.2. The smallest absolute Gasteiger partial charge is 0.270 e. The van der Waals surface area contributed by atoms with Gasteiger partial charge in [0.25, 0.3) is 5.91 Å². The van der Waals surface area contributed by atoms with E-state index in [0.717, 1.165) is 36.3 Å². The van der Waals surface area contributed by atoms with Crippen molar-refractivity contribution in [3.63, 3.8) is 0 Å². The molecule has 1 fully saturated rings. The summed E-state index contributed by atoms with van der Waals surface area (Å²) in [5.74, 6) is 0.385. The molecule has 1 aliphatic rings. The Balaban J connectivity index is 1.26. The number of amides is 1. The van der Waals surface area contributed by atoms with Gasteiger partial charge in [0.15, 0.2) is 5.58 Å². The molecule has 0 spiro atoms. The van der Waals surface area contributed by atoms with Crippen LogP contribution in [0, 0.1) is 5.82 Å². The predicted octanol–water partition coefficient (Wildman–Crippen LogP) is 6.05. The van der Waals surface area contributed by atoms with Crippen LogP contribution in [-0.2, 0) is 13.1 Å². The Morgan fingerprint density at radius 2 is 1.38 bits per heavy atom. The van der Waals surface area contributed by atoms with Crippen LogP contribution in [0.15, 0.2) is 101 Å². The van der Waals surface area contributed by atoms with Gasteiger partial charge in [-0.1, -0.05) is 60.7 Å². The first kappa shape index (κ1) is 23.3. The molecule has 0 saturated carbocycles. The Labute approximate surface area is 215 Å². The number of carbonyl (C=O) groups excluding carboxylic acids is 1. The van der Waals surface area contributed by atoms with E-state index in [-0.39, 0.29) is 11.7 Å². The number of hydrogen-bond donors (Lipinski definition) is 0. The normalized spacial score (nSPS) is 14.4. The molecule has 5 nitrogen and oxygen atoms in total. The molecule has 0 unspecified atom stereocenters. The zero-order valence-electron chi connectivity index (χ0n) is 20.5. The molecule has 6 rings (SSSR count). The molecule has 0 radical (unpaired) electrons. The highest BCUT2D eigenvalue weighted by atomic mass is 19.1. The number of carbonyl (C=O) groups is 1. The van der Waals surface area contributed by atoms with Crippen LogP contribution >= 0.6 is 0 Å². The lowest BCUT2D eigenvalue weighted by molar-refractivity contribution is 0.0619. The largest absolute Gasteiger partial charge is 0.454 e. The molecule has 3 aromatic carbocycles. The van der Waals surface area contributed by atoms with E-state index in [4.69, 9.17) is 4.42 Å². The van der Waals surface area contributed by atoms with Gasteiger partial charge in [-0.25, -0.2) is 4.39 Å². The molecule has 1 aliphatic heterocycles. The van der Waals surface area contributed by atoms with Crippen molar-refractivity contribution in [2.75, 3.05) is 26.2 Å². The second-order valence-electron chi connectivity index (χ2n) is 9.52. The fourth-order valence-corrected chi connectivity index (χ4v) is 5.02. The second kappa shape index (κ2) is 10.1. The van der Waals surface area contributed by atoms with E-state index >= 15 is 0 Å². The number of aromatic nitrogens is 1. The summed E-state index contributed by atoms with van der Waals surface area (Å²) in [6, 6.07) is 30.6. The summed E-state index contributed by atoms with van der Waals surface area (Å²) < 4.78 is 21.6. The van der Waals surface area contributed by atoms with Crippen molar-refractivity contribution < 1.29 is 13.6 Å². The molecule has 6 heteroatoms. The third-order valence-corrected chi connectivity index (χ3v) is 7.03.